The number of amides is 2. The Balaban J connectivity index is 1.96. The van der Waals surface area contributed by atoms with Crippen LogP contribution >= 0.6 is 0 Å². The van der Waals surface area contributed by atoms with Gasteiger partial charge in [-0.05, 0) is 25.0 Å². The molecule has 1 heterocycles. The molecule has 2 amide bonds. The molecule has 0 saturated carbocycles. The van der Waals surface area contributed by atoms with Gasteiger partial charge >= 0.3 is 5.69 Å². The maximum absolute atomic E-state index is 13.3. The molecule has 0 unspecified atom stereocenters. The zero-order chi connectivity index (χ0) is 18.8. The number of carbonyl (C=O) groups excluding carboxylic acids is 2. The number of likely N-dealkylation sites (tertiary alicyclic amines) is 1. The number of carbonyl (C=O) groups is 2. The molecular weight excluding hydrogens is 329 g/mol. The Morgan fingerprint density at radius 2 is 1.88 bits per heavy atom. The second kappa shape index (κ2) is 7.16. The normalized spacial score (nSPS) is 15.8. The SMILES string of the molecule is CC(C)(C)C(=O)N1CCC(C(=O)Nc2ccc(F)c([N+](=O)[O-])c2)CC1. The highest BCUT2D eigenvalue weighted by atomic mass is 19.1. The van der Waals surface area contributed by atoms with Gasteiger partial charge in [0.25, 0.3) is 0 Å². The molecule has 1 aliphatic heterocycles. The number of hydrogen-bond acceptors (Lipinski definition) is 4. The summed E-state index contributed by atoms with van der Waals surface area (Å²) in [7, 11) is 0. The molecule has 25 heavy (non-hydrogen) atoms. The Bertz CT molecular complexity index is 692. The summed E-state index contributed by atoms with van der Waals surface area (Å²) >= 11 is 0. The van der Waals surface area contributed by atoms with E-state index in [1.807, 2.05) is 20.8 Å². The minimum Gasteiger partial charge on any atom is -0.342 e. The molecule has 0 atom stereocenters. The fraction of sp³-hybridized carbons (Fsp3) is 0.529. The van der Waals surface area contributed by atoms with Crippen LogP contribution in [0.3, 0.4) is 0 Å². The first-order valence-electron chi connectivity index (χ1n) is 8.14. The van der Waals surface area contributed by atoms with Crippen molar-refractivity contribution in [2.75, 3.05) is 18.4 Å². The van der Waals surface area contributed by atoms with Crippen molar-refractivity contribution in [2.24, 2.45) is 11.3 Å². The van der Waals surface area contributed by atoms with E-state index in [-0.39, 0.29) is 23.4 Å². The highest BCUT2D eigenvalue weighted by molar-refractivity contribution is 5.93. The number of nitro benzene ring substituents is 1. The standard InChI is InChI=1S/C17H22FN3O4/c1-17(2,3)16(23)20-8-6-11(7-9-20)15(22)19-12-4-5-13(18)14(10-12)21(24)25/h4-5,10-11H,6-9H2,1-3H3,(H,19,22). The van der Waals surface area contributed by atoms with Crippen molar-refractivity contribution in [3.8, 4) is 0 Å². The maximum Gasteiger partial charge on any atom is 0.306 e. The highest BCUT2D eigenvalue weighted by Crippen LogP contribution is 2.26. The molecule has 1 N–H and O–H groups in total. The number of halogens is 1. The molecule has 1 aromatic rings. The Hall–Kier alpha value is -2.51. The van der Waals surface area contributed by atoms with Crippen molar-refractivity contribution in [3.63, 3.8) is 0 Å². The quantitative estimate of drug-likeness (QED) is 0.669. The maximum atomic E-state index is 13.3. The molecule has 8 heteroatoms. The number of benzene rings is 1. The zero-order valence-electron chi connectivity index (χ0n) is 14.5. The monoisotopic (exact) mass is 351 g/mol. The van der Waals surface area contributed by atoms with Gasteiger partial charge in [-0.2, -0.15) is 4.39 Å². The van der Waals surface area contributed by atoms with Gasteiger partial charge in [0.15, 0.2) is 0 Å². The third-order valence-corrected chi connectivity index (χ3v) is 4.20. The predicted molar refractivity (Wildman–Crippen MR) is 90.4 cm³/mol. The molecule has 0 aliphatic carbocycles. The fourth-order valence-electron chi connectivity index (χ4n) is 2.79. The Kier molecular flexibility index (Phi) is 5.39. The molecule has 1 aromatic carbocycles. The number of hydrogen-bond donors (Lipinski definition) is 1. The van der Waals surface area contributed by atoms with Crippen LogP contribution in [-0.2, 0) is 9.59 Å². The molecule has 1 fully saturated rings. The van der Waals surface area contributed by atoms with E-state index in [0.717, 1.165) is 12.1 Å². The van der Waals surface area contributed by atoms with Gasteiger partial charge in [0, 0.05) is 36.2 Å². The first-order chi connectivity index (χ1) is 11.6. The van der Waals surface area contributed by atoms with Gasteiger partial charge in [-0.3, -0.25) is 19.7 Å². The lowest BCUT2D eigenvalue weighted by atomic mass is 9.90. The van der Waals surface area contributed by atoms with Crippen molar-refractivity contribution < 1.29 is 18.9 Å². The van der Waals surface area contributed by atoms with Gasteiger partial charge in [-0.15, -0.1) is 0 Å². The van der Waals surface area contributed by atoms with E-state index in [1.54, 1.807) is 4.90 Å². The minimum absolute atomic E-state index is 0.0560. The fourth-order valence-corrected chi connectivity index (χ4v) is 2.79. The average Bonchev–Trinajstić information content (AvgIpc) is 2.55. The number of rotatable bonds is 3. The average molecular weight is 351 g/mol. The molecule has 1 aliphatic rings. The van der Waals surface area contributed by atoms with E-state index in [4.69, 9.17) is 0 Å². The topological polar surface area (TPSA) is 92.6 Å². The number of nitrogens with one attached hydrogen (secondary N) is 1. The van der Waals surface area contributed by atoms with E-state index in [0.29, 0.717) is 25.9 Å². The Morgan fingerprint density at radius 1 is 1.28 bits per heavy atom. The summed E-state index contributed by atoms with van der Waals surface area (Å²) in [4.78, 5) is 36.3. The molecule has 0 spiro atoms. The summed E-state index contributed by atoms with van der Waals surface area (Å²) in [6.07, 6.45) is 1.05. The molecule has 0 radical (unpaired) electrons. The van der Waals surface area contributed by atoms with Crippen molar-refractivity contribution in [2.45, 2.75) is 33.6 Å². The summed E-state index contributed by atoms with van der Waals surface area (Å²) in [5, 5.41) is 13.4. The molecule has 0 aromatic heterocycles. The summed E-state index contributed by atoms with van der Waals surface area (Å²) in [5.74, 6) is -1.45. The number of anilines is 1. The van der Waals surface area contributed by atoms with Crippen LogP contribution in [0, 0.1) is 27.3 Å². The number of nitro groups is 1. The van der Waals surface area contributed by atoms with E-state index in [9.17, 15) is 24.1 Å². The Labute approximate surface area is 145 Å². The second-order valence-electron chi connectivity index (χ2n) is 7.23. The molecule has 1 saturated heterocycles. The third kappa shape index (κ3) is 4.52. The molecule has 2 rings (SSSR count). The molecule has 136 valence electrons. The van der Waals surface area contributed by atoms with Crippen LogP contribution in [0.5, 0.6) is 0 Å². The van der Waals surface area contributed by atoms with Gasteiger partial charge in [-0.1, -0.05) is 20.8 Å². The van der Waals surface area contributed by atoms with Crippen LogP contribution in [0.25, 0.3) is 0 Å². The lowest BCUT2D eigenvalue weighted by molar-refractivity contribution is -0.387. The predicted octanol–water partition coefficient (Wildman–Crippen LogP) is 2.96. The summed E-state index contributed by atoms with van der Waals surface area (Å²) in [6.45, 7) is 6.57. The Morgan fingerprint density at radius 3 is 2.40 bits per heavy atom. The minimum atomic E-state index is -0.947. The van der Waals surface area contributed by atoms with E-state index < -0.39 is 21.8 Å². The van der Waals surface area contributed by atoms with Gasteiger partial charge < -0.3 is 10.2 Å². The summed E-state index contributed by atoms with van der Waals surface area (Å²) < 4.78 is 13.3. The van der Waals surface area contributed by atoms with Crippen molar-refractivity contribution >= 4 is 23.2 Å². The van der Waals surface area contributed by atoms with Crippen LogP contribution in [0.15, 0.2) is 18.2 Å². The van der Waals surface area contributed by atoms with Crippen LogP contribution in [-0.4, -0.2) is 34.7 Å². The summed E-state index contributed by atoms with van der Waals surface area (Å²) in [6, 6.07) is 3.25. The van der Waals surface area contributed by atoms with Gasteiger partial charge in [0.1, 0.15) is 0 Å². The lowest BCUT2D eigenvalue weighted by Gasteiger charge is -2.35. The zero-order valence-corrected chi connectivity index (χ0v) is 14.5. The van der Waals surface area contributed by atoms with Gasteiger partial charge in [-0.25, -0.2) is 0 Å². The smallest absolute Gasteiger partial charge is 0.306 e. The largest absolute Gasteiger partial charge is 0.342 e. The molecular formula is C17H22FN3O4. The van der Waals surface area contributed by atoms with Crippen molar-refractivity contribution in [1.29, 1.82) is 0 Å². The summed E-state index contributed by atoms with van der Waals surface area (Å²) in [5.41, 5.74) is -0.947. The third-order valence-electron chi connectivity index (χ3n) is 4.20. The van der Waals surface area contributed by atoms with Crippen LogP contribution in [0.1, 0.15) is 33.6 Å². The molecule has 7 nitrogen and oxygen atoms in total. The second-order valence-corrected chi connectivity index (χ2v) is 7.23. The van der Waals surface area contributed by atoms with E-state index in [1.165, 1.54) is 6.07 Å². The van der Waals surface area contributed by atoms with Crippen LogP contribution in [0.2, 0.25) is 0 Å². The van der Waals surface area contributed by atoms with Crippen LogP contribution in [0.4, 0.5) is 15.8 Å². The first-order valence-corrected chi connectivity index (χ1v) is 8.14. The molecule has 0 bridgehead atoms. The first kappa shape index (κ1) is 18.8. The number of piperidine rings is 1. The van der Waals surface area contributed by atoms with Crippen molar-refractivity contribution in [1.82, 2.24) is 4.90 Å². The van der Waals surface area contributed by atoms with Gasteiger partial charge in [0.05, 0.1) is 4.92 Å². The van der Waals surface area contributed by atoms with Crippen molar-refractivity contribution in [3.05, 3.63) is 34.1 Å². The highest BCUT2D eigenvalue weighted by Gasteiger charge is 2.32. The van der Waals surface area contributed by atoms with E-state index >= 15 is 0 Å². The lowest BCUT2D eigenvalue weighted by Crippen LogP contribution is -2.45. The number of nitrogens with zero attached hydrogens (tertiary/aromatic N) is 2. The van der Waals surface area contributed by atoms with Gasteiger partial charge in [0.2, 0.25) is 17.6 Å². The van der Waals surface area contributed by atoms with Crippen LogP contribution < -0.4 is 5.32 Å². The van der Waals surface area contributed by atoms with E-state index in [2.05, 4.69) is 5.32 Å².